The Kier molecular flexibility index (Phi) is 5.88. The number of thioether (sulfide) groups is 1. The molecule has 7 unspecified atom stereocenters. The lowest BCUT2D eigenvalue weighted by molar-refractivity contribution is -0.144. The molecule has 7 nitrogen and oxygen atoms in total. The standard InChI is InChI=1S/C27H23ClN2O5S3/c1-2-35-17(31)11-29-26-23(38-27(29)34)21(16-4-3-9-36-16)18-14-10-15(22(18)37-26)20-19(14)24(32)30(25(20)33)13-7-5-12(28)6-8-13/h3-9,14-15,18-22H,2,10-11H2,1H3. The number of thiophene rings is 1. The van der Waals surface area contributed by atoms with Gasteiger partial charge in [-0.15, -0.1) is 23.1 Å². The lowest BCUT2D eigenvalue weighted by Crippen LogP contribution is -2.43. The van der Waals surface area contributed by atoms with E-state index in [1.54, 1.807) is 58.9 Å². The minimum absolute atomic E-state index is 0.0235. The van der Waals surface area contributed by atoms with E-state index >= 15 is 0 Å². The van der Waals surface area contributed by atoms with Crippen molar-refractivity contribution in [3.63, 3.8) is 0 Å². The number of nitrogens with zero attached hydrogens (tertiary/aromatic N) is 2. The maximum atomic E-state index is 13.8. The third kappa shape index (κ3) is 3.46. The molecule has 2 saturated carbocycles. The highest BCUT2D eigenvalue weighted by Crippen LogP contribution is 2.69. The number of halogens is 1. The average Bonchev–Trinajstić information content (AvgIpc) is 3.70. The Morgan fingerprint density at radius 2 is 1.82 bits per heavy atom. The Balaban J connectivity index is 1.30. The second-order valence-electron chi connectivity index (χ2n) is 10.2. The SMILES string of the molecule is CCOC(=O)Cn1c2c(sc1=O)C(c1cccs1)C1C3CC(C1S2)C1C(=O)N(c2ccc(Cl)cc2)C(=O)C31. The number of imide groups is 1. The van der Waals surface area contributed by atoms with Crippen LogP contribution in [0.15, 0.2) is 51.6 Å². The van der Waals surface area contributed by atoms with Crippen molar-refractivity contribution in [1.29, 1.82) is 0 Å². The van der Waals surface area contributed by atoms with E-state index in [-0.39, 0.29) is 70.6 Å². The van der Waals surface area contributed by atoms with E-state index in [2.05, 4.69) is 6.07 Å². The van der Waals surface area contributed by atoms with Crippen LogP contribution in [0.1, 0.15) is 29.0 Å². The van der Waals surface area contributed by atoms with Gasteiger partial charge in [-0.3, -0.25) is 28.6 Å². The van der Waals surface area contributed by atoms with Crippen molar-refractivity contribution in [3.05, 3.63) is 66.2 Å². The molecule has 3 fully saturated rings. The number of rotatable bonds is 5. The highest BCUT2D eigenvalue weighted by molar-refractivity contribution is 8.00. The van der Waals surface area contributed by atoms with Crippen LogP contribution >= 0.6 is 46.0 Å². The van der Waals surface area contributed by atoms with E-state index in [0.717, 1.165) is 21.2 Å². The summed E-state index contributed by atoms with van der Waals surface area (Å²) in [7, 11) is 0. The molecule has 7 rings (SSSR count). The summed E-state index contributed by atoms with van der Waals surface area (Å²) >= 11 is 10.5. The van der Waals surface area contributed by atoms with Crippen LogP contribution in [0.5, 0.6) is 0 Å². The van der Waals surface area contributed by atoms with Crippen LogP contribution in [0.25, 0.3) is 0 Å². The van der Waals surface area contributed by atoms with Gasteiger partial charge in [-0.05, 0) is 66.8 Å². The summed E-state index contributed by atoms with van der Waals surface area (Å²) in [4.78, 5) is 56.3. The highest BCUT2D eigenvalue weighted by Gasteiger charge is 2.70. The molecule has 4 aliphatic rings. The van der Waals surface area contributed by atoms with Gasteiger partial charge in [-0.2, -0.15) is 0 Å². The van der Waals surface area contributed by atoms with Crippen molar-refractivity contribution in [1.82, 2.24) is 4.57 Å². The largest absolute Gasteiger partial charge is 0.465 e. The summed E-state index contributed by atoms with van der Waals surface area (Å²) in [6.07, 6.45) is 0.822. The summed E-state index contributed by atoms with van der Waals surface area (Å²) in [5, 5.41) is 3.47. The van der Waals surface area contributed by atoms with Crippen molar-refractivity contribution in [2.75, 3.05) is 11.5 Å². The van der Waals surface area contributed by atoms with Gasteiger partial charge in [0.05, 0.1) is 29.2 Å². The van der Waals surface area contributed by atoms with Crippen LogP contribution in [-0.4, -0.2) is 34.2 Å². The van der Waals surface area contributed by atoms with Crippen LogP contribution in [0.4, 0.5) is 5.69 Å². The molecule has 2 amide bonds. The van der Waals surface area contributed by atoms with E-state index in [1.807, 2.05) is 11.4 Å². The van der Waals surface area contributed by atoms with Crippen molar-refractivity contribution >= 4 is 69.5 Å². The zero-order valence-electron chi connectivity index (χ0n) is 20.2. The number of benzene rings is 1. The van der Waals surface area contributed by atoms with E-state index < -0.39 is 5.97 Å². The van der Waals surface area contributed by atoms with E-state index in [4.69, 9.17) is 16.3 Å². The Morgan fingerprint density at radius 3 is 2.50 bits per heavy atom. The number of ether oxygens (including phenoxy) is 1. The van der Waals surface area contributed by atoms with Crippen LogP contribution in [-0.2, 0) is 25.7 Å². The molecule has 2 aliphatic carbocycles. The second kappa shape index (κ2) is 9.08. The zero-order valence-corrected chi connectivity index (χ0v) is 23.4. The predicted octanol–water partition coefficient (Wildman–Crippen LogP) is 4.87. The number of carbonyl (C=O) groups excluding carboxylic acids is 3. The van der Waals surface area contributed by atoms with E-state index in [0.29, 0.717) is 10.7 Å². The van der Waals surface area contributed by atoms with Gasteiger partial charge in [0.1, 0.15) is 6.54 Å². The summed E-state index contributed by atoms with van der Waals surface area (Å²) in [5.74, 6) is -1.26. The molecule has 0 radical (unpaired) electrons. The minimum atomic E-state index is -0.436. The fourth-order valence-electron chi connectivity index (χ4n) is 7.22. The van der Waals surface area contributed by atoms with Crippen molar-refractivity contribution in [3.8, 4) is 0 Å². The number of esters is 1. The summed E-state index contributed by atoms with van der Waals surface area (Å²) in [5.41, 5.74) is 0.561. The van der Waals surface area contributed by atoms with Gasteiger partial charge >= 0.3 is 10.8 Å². The first-order chi connectivity index (χ1) is 18.4. The topological polar surface area (TPSA) is 85.7 Å². The molecule has 2 aromatic heterocycles. The predicted molar refractivity (Wildman–Crippen MR) is 147 cm³/mol. The van der Waals surface area contributed by atoms with Gasteiger partial charge in [0.2, 0.25) is 11.8 Å². The maximum absolute atomic E-state index is 13.8. The molecule has 7 atom stereocenters. The number of fused-ring (bicyclic) bond motifs is 9. The first-order valence-electron chi connectivity index (χ1n) is 12.6. The molecule has 2 bridgehead atoms. The Bertz CT molecular complexity index is 1510. The fourth-order valence-corrected chi connectivity index (χ4v) is 11.5. The van der Waals surface area contributed by atoms with Gasteiger partial charge in [-0.25, -0.2) is 0 Å². The summed E-state index contributed by atoms with van der Waals surface area (Å²) < 4.78 is 6.69. The van der Waals surface area contributed by atoms with Crippen LogP contribution in [0.3, 0.4) is 0 Å². The number of amides is 2. The van der Waals surface area contributed by atoms with Crippen LogP contribution in [0.2, 0.25) is 5.02 Å². The highest BCUT2D eigenvalue weighted by atomic mass is 35.5. The Labute approximate surface area is 235 Å². The number of hydrogen-bond donors (Lipinski definition) is 0. The molecule has 196 valence electrons. The second-order valence-corrected chi connectivity index (χ2v) is 13.8. The third-order valence-corrected chi connectivity index (χ3v) is 12.5. The fraction of sp³-hybridized carbons (Fsp3) is 0.407. The van der Waals surface area contributed by atoms with Gasteiger partial charge in [0, 0.05) is 25.9 Å². The van der Waals surface area contributed by atoms with Gasteiger partial charge in [0.25, 0.3) is 0 Å². The van der Waals surface area contributed by atoms with Crippen molar-refractivity contribution in [2.24, 2.45) is 29.6 Å². The number of carbonyl (C=O) groups is 3. The average molecular weight is 587 g/mol. The lowest BCUT2D eigenvalue weighted by atomic mass is 9.69. The molecular formula is C27H23ClN2O5S3. The van der Waals surface area contributed by atoms with Crippen LogP contribution < -0.4 is 9.77 Å². The van der Waals surface area contributed by atoms with E-state index in [9.17, 15) is 19.2 Å². The third-order valence-electron chi connectivity index (χ3n) is 8.48. The van der Waals surface area contributed by atoms with Crippen molar-refractivity contribution < 1.29 is 19.1 Å². The molecule has 0 spiro atoms. The van der Waals surface area contributed by atoms with Gasteiger partial charge < -0.3 is 4.74 Å². The first-order valence-corrected chi connectivity index (χ1v) is 15.6. The molecule has 3 aromatic rings. The molecular weight excluding hydrogens is 564 g/mol. The summed E-state index contributed by atoms with van der Waals surface area (Å²) in [6.45, 7) is 1.87. The summed E-state index contributed by atoms with van der Waals surface area (Å²) in [6, 6.07) is 11.0. The molecule has 1 aromatic carbocycles. The molecule has 11 heteroatoms. The monoisotopic (exact) mass is 586 g/mol. The first kappa shape index (κ1) is 24.6. The van der Waals surface area contributed by atoms with Gasteiger partial charge in [0.15, 0.2) is 0 Å². The Hall–Kier alpha value is -2.40. The lowest BCUT2D eigenvalue weighted by Gasteiger charge is -2.42. The molecule has 38 heavy (non-hydrogen) atoms. The molecule has 2 aliphatic heterocycles. The smallest absolute Gasteiger partial charge is 0.326 e. The number of thiazole rings is 1. The number of aromatic nitrogens is 1. The normalized spacial score (nSPS) is 30.9. The van der Waals surface area contributed by atoms with Crippen molar-refractivity contribution in [2.45, 2.75) is 36.1 Å². The minimum Gasteiger partial charge on any atom is -0.465 e. The maximum Gasteiger partial charge on any atom is 0.326 e. The molecule has 0 N–H and O–H groups in total. The Morgan fingerprint density at radius 1 is 1.08 bits per heavy atom. The number of hydrogen-bond acceptors (Lipinski definition) is 8. The van der Waals surface area contributed by atoms with Crippen LogP contribution in [0, 0.1) is 29.6 Å². The van der Waals surface area contributed by atoms with E-state index in [1.165, 1.54) is 16.2 Å². The zero-order chi connectivity index (χ0) is 26.3. The number of anilines is 1. The van der Waals surface area contributed by atoms with Gasteiger partial charge in [-0.1, -0.05) is 29.0 Å². The quantitative estimate of drug-likeness (QED) is 0.313. The molecule has 1 saturated heterocycles. The molecule has 4 heterocycles.